The number of carbonyl (C=O) groups excluding carboxylic acids is 1. The second-order valence-corrected chi connectivity index (χ2v) is 5.27. The van der Waals surface area contributed by atoms with Crippen molar-refractivity contribution in [1.82, 2.24) is 4.90 Å². The molecule has 0 spiro atoms. The molecule has 0 saturated heterocycles. The predicted molar refractivity (Wildman–Crippen MR) is 84.9 cm³/mol. The van der Waals surface area contributed by atoms with Gasteiger partial charge < -0.3 is 4.90 Å². The molecular formula is C16H14ClFN2O3. The van der Waals surface area contributed by atoms with Crippen LogP contribution in [0.5, 0.6) is 0 Å². The molecule has 0 aliphatic rings. The summed E-state index contributed by atoms with van der Waals surface area (Å²) in [5.41, 5.74) is 0.201. The van der Waals surface area contributed by atoms with Gasteiger partial charge in [-0.05, 0) is 25.1 Å². The number of rotatable bonds is 5. The largest absolute Gasteiger partial charge is 0.334 e. The lowest BCUT2D eigenvalue weighted by Crippen LogP contribution is -2.31. The summed E-state index contributed by atoms with van der Waals surface area (Å²) >= 11 is 5.68. The number of benzene rings is 2. The molecule has 0 unspecified atom stereocenters. The summed E-state index contributed by atoms with van der Waals surface area (Å²) in [6.07, 6.45) is 0. The van der Waals surface area contributed by atoms with E-state index in [-0.39, 0.29) is 29.4 Å². The van der Waals surface area contributed by atoms with Gasteiger partial charge >= 0.3 is 0 Å². The third-order valence-corrected chi connectivity index (χ3v) is 3.62. The van der Waals surface area contributed by atoms with E-state index >= 15 is 0 Å². The van der Waals surface area contributed by atoms with Crippen molar-refractivity contribution in [3.05, 3.63) is 74.5 Å². The van der Waals surface area contributed by atoms with E-state index < -0.39 is 16.6 Å². The minimum absolute atomic E-state index is 0.0224. The molecule has 0 saturated carbocycles. The summed E-state index contributed by atoms with van der Waals surface area (Å²) in [4.78, 5) is 24.4. The van der Waals surface area contributed by atoms with Gasteiger partial charge in [0.1, 0.15) is 5.82 Å². The monoisotopic (exact) mass is 336 g/mol. The Kier molecular flexibility index (Phi) is 5.28. The van der Waals surface area contributed by atoms with Crippen LogP contribution in [0, 0.1) is 15.9 Å². The van der Waals surface area contributed by atoms with E-state index in [9.17, 15) is 19.3 Å². The Morgan fingerprint density at radius 1 is 1.30 bits per heavy atom. The Morgan fingerprint density at radius 3 is 2.61 bits per heavy atom. The first-order valence-electron chi connectivity index (χ1n) is 6.90. The van der Waals surface area contributed by atoms with Crippen molar-refractivity contribution in [1.29, 1.82) is 0 Å². The van der Waals surface area contributed by atoms with Crippen molar-refractivity contribution in [2.45, 2.75) is 13.5 Å². The number of para-hydroxylation sites is 1. The first kappa shape index (κ1) is 16.9. The van der Waals surface area contributed by atoms with Crippen LogP contribution in [0.2, 0.25) is 5.02 Å². The van der Waals surface area contributed by atoms with E-state index in [1.807, 2.05) is 0 Å². The van der Waals surface area contributed by atoms with E-state index in [1.165, 1.54) is 23.1 Å². The van der Waals surface area contributed by atoms with Crippen molar-refractivity contribution in [3.8, 4) is 0 Å². The lowest BCUT2D eigenvalue weighted by molar-refractivity contribution is -0.385. The van der Waals surface area contributed by atoms with E-state index in [0.717, 1.165) is 6.07 Å². The lowest BCUT2D eigenvalue weighted by Gasteiger charge is -2.21. The quantitative estimate of drug-likeness (QED) is 0.611. The topological polar surface area (TPSA) is 63.4 Å². The second-order valence-electron chi connectivity index (χ2n) is 4.83. The summed E-state index contributed by atoms with van der Waals surface area (Å²) < 4.78 is 13.9. The van der Waals surface area contributed by atoms with E-state index in [0.29, 0.717) is 5.56 Å². The zero-order valence-corrected chi connectivity index (χ0v) is 13.1. The van der Waals surface area contributed by atoms with Crippen molar-refractivity contribution >= 4 is 23.2 Å². The summed E-state index contributed by atoms with van der Waals surface area (Å²) in [6.45, 7) is 2.03. The maximum atomic E-state index is 13.9. The smallest absolute Gasteiger partial charge is 0.274 e. The van der Waals surface area contributed by atoms with Gasteiger partial charge in [-0.15, -0.1) is 0 Å². The summed E-state index contributed by atoms with van der Waals surface area (Å²) in [5.74, 6) is -1.26. The zero-order chi connectivity index (χ0) is 17.0. The van der Waals surface area contributed by atoms with Crippen LogP contribution in [0.4, 0.5) is 10.1 Å². The molecule has 0 aromatic heterocycles. The lowest BCUT2D eigenvalue weighted by atomic mass is 10.1. The highest BCUT2D eigenvalue weighted by Gasteiger charge is 2.21. The maximum Gasteiger partial charge on any atom is 0.274 e. The minimum Gasteiger partial charge on any atom is -0.334 e. The van der Waals surface area contributed by atoms with E-state index in [2.05, 4.69) is 0 Å². The van der Waals surface area contributed by atoms with Crippen molar-refractivity contribution in [2.75, 3.05) is 6.54 Å². The molecule has 0 radical (unpaired) electrons. The molecule has 0 atom stereocenters. The molecule has 5 nitrogen and oxygen atoms in total. The fourth-order valence-electron chi connectivity index (χ4n) is 2.19. The molecule has 120 valence electrons. The Morgan fingerprint density at radius 2 is 2.00 bits per heavy atom. The highest BCUT2D eigenvalue weighted by atomic mass is 35.5. The van der Waals surface area contributed by atoms with Gasteiger partial charge in [-0.2, -0.15) is 0 Å². The van der Waals surface area contributed by atoms with Gasteiger partial charge in [-0.3, -0.25) is 14.9 Å². The highest BCUT2D eigenvalue weighted by molar-refractivity contribution is 6.30. The van der Waals surface area contributed by atoms with Gasteiger partial charge in [0.2, 0.25) is 0 Å². The molecule has 0 fully saturated rings. The molecule has 2 aromatic rings. The van der Waals surface area contributed by atoms with E-state index in [4.69, 9.17) is 11.6 Å². The van der Waals surface area contributed by atoms with Crippen LogP contribution < -0.4 is 0 Å². The Hall–Kier alpha value is -2.47. The van der Waals surface area contributed by atoms with Crippen molar-refractivity contribution in [3.63, 3.8) is 0 Å². The number of halogens is 2. The molecule has 0 heterocycles. The molecule has 0 bridgehead atoms. The van der Waals surface area contributed by atoms with Gasteiger partial charge in [0.15, 0.2) is 0 Å². The predicted octanol–water partition coefficient (Wildman–Crippen LogP) is 4.05. The molecule has 1 amide bonds. The summed E-state index contributed by atoms with van der Waals surface area (Å²) in [7, 11) is 0. The number of nitrogens with zero attached hydrogens (tertiary/aromatic N) is 2. The van der Waals surface area contributed by atoms with Gasteiger partial charge in [-0.25, -0.2) is 4.39 Å². The van der Waals surface area contributed by atoms with Crippen LogP contribution in [0.25, 0.3) is 0 Å². The Balaban J connectivity index is 2.30. The first-order valence-corrected chi connectivity index (χ1v) is 7.28. The molecule has 0 N–H and O–H groups in total. The van der Waals surface area contributed by atoms with Crippen LogP contribution >= 0.6 is 11.6 Å². The normalized spacial score (nSPS) is 10.4. The number of amides is 1. The molecular weight excluding hydrogens is 323 g/mol. The average Bonchev–Trinajstić information content (AvgIpc) is 2.52. The Labute approximate surface area is 137 Å². The highest BCUT2D eigenvalue weighted by Crippen LogP contribution is 2.22. The standard InChI is InChI=1S/C16H14ClFN2O3/c1-2-19(10-11-5-3-4-6-15(11)20(22)23)16(21)13-8-7-12(17)9-14(13)18/h3-9H,2,10H2,1H3. The minimum atomic E-state index is -0.719. The van der Waals surface area contributed by atoms with Crippen LogP contribution in [-0.4, -0.2) is 22.3 Å². The summed E-state index contributed by atoms with van der Waals surface area (Å²) in [6, 6.07) is 9.96. The number of nitro benzene ring substituents is 1. The number of carbonyl (C=O) groups is 1. The fraction of sp³-hybridized carbons (Fsp3) is 0.188. The third kappa shape index (κ3) is 3.84. The van der Waals surface area contributed by atoms with Gasteiger partial charge in [-0.1, -0.05) is 29.8 Å². The number of hydrogen-bond acceptors (Lipinski definition) is 3. The molecule has 7 heteroatoms. The SMILES string of the molecule is CCN(Cc1ccccc1[N+](=O)[O-])C(=O)c1ccc(Cl)cc1F. The number of nitro groups is 1. The zero-order valence-electron chi connectivity index (χ0n) is 12.3. The van der Waals surface area contributed by atoms with Gasteiger partial charge in [0, 0.05) is 23.2 Å². The maximum absolute atomic E-state index is 13.9. The molecule has 23 heavy (non-hydrogen) atoms. The second kappa shape index (κ2) is 7.19. The van der Waals surface area contributed by atoms with E-state index in [1.54, 1.807) is 25.1 Å². The summed E-state index contributed by atoms with van der Waals surface area (Å²) in [5, 5.41) is 11.2. The van der Waals surface area contributed by atoms with Crippen LogP contribution in [0.15, 0.2) is 42.5 Å². The molecule has 2 aromatic carbocycles. The van der Waals surface area contributed by atoms with Crippen LogP contribution in [0.1, 0.15) is 22.8 Å². The average molecular weight is 337 g/mol. The fourth-order valence-corrected chi connectivity index (χ4v) is 2.35. The molecule has 0 aliphatic heterocycles. The van der Waals surface area contributed by atoms with Crippen LogP contribution in [0.3, 0.4) is 0 Å². The Bertz CT molecular complexity index is 752. The number of hydrogen-bond donors (Lipinski definition) is 0. The van der Waals surface area contributed by atoms with Gasteiger partial charge in [0.25, 0.3) is 11.6 Å². The van der Waals surface area contributed by atoms with Crippen molar-refractivity contribution < 1.29 is 14.1 Å². The van der Waals surface area contributed by atoms with Gasteiger partial charge in [0.05, 0.1) is 17.0 Å². The molecule has 2 rings (SSSR count). The van der Waals surface area contributed by atoms with Crippen molar-refractivity contribution in [2.24, 2.45) is 0 Å². The first-order chi connectivity index (χ1) is 10.9. The third-order valence-electron chi connectivity index (χ3n) is 3.38. The van der Waals surface area contributed by atoms with Crippen LogP contribution in [-0.2, 0) is 6.54 Å². The molecule has 0 aliphatic carbocycles.